The largest absolute Gasteiger partial charge is 0.300 e. The van der Waals surface area contributed by atoms with Gasteiger partial charge in [0.15, 0.2) is 0 Å². The molecule has 4 rings (SSSR count). The highest BCUT2D eigenvalue weighted by atomic mass is 16.1. The van der Waals surface area contributed by atoms with E-state index < -0.39 is 0 Å². The van der Waals surface area contributed by atoms with E-state index in [2.05, 4.69) is 6.92 Å². The fourth-order valence-corrected chi connectivity index (χ4v) is 6.65. The lowest BCUT2D eigenvalue weighted by molar-refractivity contribution is -0.119. The first-order valence-electron chi connectivity index (χ1n) is 11.2. The Hall–Kier alpha value is -0.330. The highest BCUT2D eigenvalue weighted by Gasteiger charge is 2.50. The van der Waals surface area contributed by atoms with Gasteiger partial charge in [0.05, 0.1) is 0 Å². The van der Waals surface area contributed by atoms with Crippen molar-refractivity contribution in [2.45, 2.75) is 116 Å². The van der Waals surface area contributed by atoms with Gasteiger partial charge in [-0.15, -0.1) is 0 Å². The molecule has 138 valence electrons. The molecule has 0 aromatic heterocycles. The van der Waals surface area contributed by atoms with E-state index in [0.29, 0.717) is 5.78 Å². The highest BCUT2D eigenvalue weighted by molar-refractivity contribution is 5.78. The van der Waals surface area contributed by atoms with Crippen molar-refractivity contribution in [3.8, 4) is 0 Å². The predicted molar refractivity (Wildman–Crippen MR) is 102 cm³/mol. The molecule has 1 heteroatoms. The third-order valence-corrected chi connectivity index (χ3v) is 7.39. The summed E-state index contributed by atoms with van der Waals surface area (Å²) in [5.74, 6) is 3.82. The van der Waals surface area contributed by atoms with E-state index in [1.165, 1.54) is 44.9 Å². The van der Waals surface area contributed by atoms with Crippen LogP contribution in [-0.2, 0) is 4.79 Å². The van der Waals surface area contributed by atoms with Crippen molar-refractivity contribution in [1.82, 2.24) is 0 Å². The SMILES string of the molecule is CCCCCCC(=O)CCCCCCC12CC3CC(CC(C3)C1)C2. The summed E-state index contributed by atoms with van der Waals surface area (Å²) < 4.78 is 0. The second-order valence-electron chi connectivity index (χ2n) is 9.68. The predicted octanol–water partition coefficient (Wildman–Crippen LogP) is 7.08. The van der Waals surface area contributed by atoms with Gasteiger partial charge in [-0.05, 0) is 81.0 Å². The van der Waals surface area contributed by atoms with Crippen LogP contribution in [0.4, 0.5) is 0 Å². The van der Waals surface area contributed by atoms with Crippen molar-refractivity contribution in [3.63, 3.8) is 0 Å². The summed E-state index contributed by atoms with van der Waals surface area (Å²) in [5, 5.41) is 0. The Morgan fingerprint density at radius 2 is 1.25 bits per heavy atom. The van der Waals surface area contributed by atoms with Crippen LogP contribution in [-0.4, -0.2) is 5.78 Å². The van der Waals surface area contributed by atoms with Gasteiger partial charge in [0.2, 0.25) is 0 Å². The molecule has 0 atom stereocenters. The van der Waals surface area contributed by atoms with Crippen molar-refractivity contribution < 1.29 is 4.79 Å². The standard InChI is InChI=1S/C23H40O/c1-2-3-4-7-10-22(24)11-8-5-6-9-12-23-16-19-13-20(17-23)15-21(14-19)18-23/h19-21H,2-18H2,1H3. The number of carbonyl (C=O) groups is 1. The van der Waals surface area contributed by atoms with E-state index in [4.69, 9.17) is 0 Å². The molecule has 4 fully saturated rings. The summed E-state index contributed by atoms with van der Waals surface area (Å²) in [5.41, 5.74) is 0.768. The van der Waals surface area contributed by atoms with Crippen LogP contribution in [0.15, 0.2) is 0 Å². The van der Waals surface area contributed by atoms with Crippen LogP contribution < -0.4 is 0 Å². The molecule has 0 saturated heterocycles. The molecular formula is C23H40O. The van der Waals surface area contributed by atoms with Gasteiger partial charge in [0, 0.05) is 12.8 Å². The second kappa shape index (κ2) is 8.86. The van der Waals surface area contributed by atoms with E-state index in [0.717, 1.165) is 48.9 Å². The molecule has 24 heavy (non-hydrogen) atoms. The molecule has 0 aromatic rings. The van der Waals surface area contributed by atoms with Gasteiger partial charge >= 0.3 is 0 Å². The average molecular weight is 333 g/mol. The first-order valence-corrected chi connectivity index (χ1v) is 11.2. The topological polar surface area (TPSA) is 17.1 Å². The maximum Gasteiger partial charge on any atom is 0.132 e. The van der Waals surface area contributed by atoms with Crippen LogP contribution in [0, 0.1) is 23.2 Å². The minimum Gasteiger partial charge on any atom is -0.300 e. The van der Waals surface area contributed by atoms with Gasteiger partial charge in [0.1, 0.15) is 5.78 Å². The number of unbranched alkanes of at least 4 members (excludes halogenated alkanes) is 6. The van der Waals surface area contributed by atoms with Crippen molar-refractivity contribution in [3.05, 3.63) is 0 Å². The lowest BCUT2D eigenvalue weighted by Gasteiger charge is -2.57. The van der Waals surface area contributed by atoms with Crippen molar-refractivity contribution >= 4 is 5.78 Å². The smallest absolute Gasteiger partial charge is 0.132 e. The fraction of sp³-hybridized carbons (Fsp3) is 0.957. The number of Topliss-reactive ketones (excluding diaryl/α,β-unsaturated/α-hetero) is 1. The van der Waals surface area contributed by atoms with Gasteiger partial charge in [-0.3, -0.25) is 4.79 Å². The monoisotopic (exact) mass is 332 g/mol. The number of hydrogen-bond donors (Lipinski definition) is 0. The van der Waals surface area contributed by atoms with Crippen LogP contribution in [0.5, 0.6) is 0 Å². The highest BCUT2D eigenvalue weighted by Crippen LogP contribution is 2.61. The van der Waals surface area contributed by atoms with Gasteiger partial charge in [0.25, 0.3) is 0 Å². The van der Waals surface area contributed by atoms with Gasteiger partial charge < -0.3 is 0 Å². The van der Waals surface area contributed by atoms with E-state index in [1.54, 1.807) is 38.5 Å². The summed E-state index contributed by atoms with van der Waals surface area (Å²) in [7, 11) is 0. The number of rotatable bonds is 12. The van der Waals surface area contributed by atoms with Gasteiger partial charge in [-0.2, -0.15) is 0 Å². The fourth-order valence-electron chi connectivity index (χ4n) is 6.65. The van der Waals surface area contributed by atoms with Gasteiger partial charge in [-0.1, -0.05) is 45.4 Å². The van der Waals surface area contributed by atoms with Crippen molar-refractivity contribution in [2.24, 2.45) is 23.2 Å². The summed E-state index contributed by atoms with van der Waals surface area (Å²) in [6.45, 7) is 2.23. The zero-order chi connectivity index (χ0) is 16.8. The number of ketones is 1. The molecule has 0 aromatic carbocycles. The van der Waals surface area contributed by atoms with Crippen molar-refractivity contribution in [2.75, 3.05) is 0 Å². The maximum absolute atomic E-state index is 11.9. The first-order chi connectivity index (χ1) is 11.7. The quantitative estimate of drug-likeness (QED) is 0.349. The Morgan fingerprint density at radius 3 is 1.79 bits per heavy atom. The molecule has 4 aliphatic carbocycles. The molecule has 4 aliphatic rings. The molecule has 0 N–H and O–H groups in total. The van der Waals surface area contributed by atoms with E-state index in [-0.39, 0.29) is 0 Å². The van der Waals surface area contributed by atoms with Crippen LogP contribution in [0.1, 0.15) is 116 Å². The molecule has 0 heterocycles. The van der Waals surface area contributed by atoms with Gasteiger partial charge in [-0.25, -0.2) is 0 Å². The molecule has 0 unspecified atom stereocenters. The summed E-state index contributed by atoms with van der Waals surface area (Å²) in [4.78, 5) is 11.9. The van der Waals surface area contributed by atoms with Crippen LogP contribution in [0.25, 0.3) is 0 Å². The molecule has 0 aliphatic heterocycles. The molecule has 4 saturated carbocycles. The van der Waals surface area contributed by atoms with Crippen LogP contribution >= 0.6 is 0 Å². The average Bonchev–Trinajstić information content (AvgIpc) is 2.53. The Kier molecular flexibility index (Phi) is 6.81. The minimum atomic E-state index is 0.521. The summed E-state index contributed by atoms with van der Waals surface area (Å²) in [6, 6.07) is 0. The van der Waals surface area contributed by atoms with E-state index >= 15 is 0 Å². The molecule has 0 amide bonds. The zero-order valence-electron chi connectivity index (χ0n) is 16.2. The normalized spacial score (nSPS) is 34.0. The second-order valence-corrected chi connectivity index (χ2v) is 9.68. The Labute approximate surface area is 150 Å². The van der Waals surface area contributed by atoms with Crippen LogP contribution in [0.2, 0.25) is 0 Å². The third kappa shape index (κ3) is 5.09. The molecule has 0 radical (unpaired) electrons. The summed E-state index contributed by atoms with van der Waals surface area (Å²) >= 11 is 0. The Balaban J connectivity index is 1.23. The lowest BCUT2D eigenvalue weighted by Crippen LogP contribution is -2.45. The Bertz CT molecular complexity index is 362. The molecular weight excluding hydrogens is 292 g/mol. The molecule has 4 bridgehead atoms. The van der Waals surface area contributed by atoms with E-state index in [9.17, 15) is 4.79 Å². The lowest BCUT2D eigenvalue weighted by atomic mass is 9.48. The third-order valence-electron chi connectivity index (χ3n) is 7.39. The maximum atomic E-state index is 11.9. The van der Waals surface area contributed by atoms with Crippen molar-refractivity contribution in [1.29, 1.82) is 0 Å². The number of carbonyl (C=O) groups excluding carboxylic acids is 1. The molecule has 0 spiro atoms. The van der Waals surface area contributed by atoms with E-state index in [1.807, 2.05) is 0 Å². The summed E-state index contributed by atoms with van der Waals surface area (Å²) in [6.07, 6.45) is 22.7. The van der Waals surface area contributed by atoms with Crippen LogP contribution in [0.3, 0.4) is 0 Å². The first kappa shape index (κ1) is 18.5. The zero-order valence-corrected chi connectivity index (χ0v) is 16.2. The minimum absolute atomic E-state index is 0.521. The Morgan fingerprint density at radius 1 is 0.750 bits per heavy atom. The number of hydrogen-bond acceptors (Lipinski definition) is 1. The molecule has 1 nitrogen and oxygen atoms in total.